The Morgan fingerprint density at radius 3 is 2.74 bits per heavy atom. The first-order chi connectivity index (χ1) is 9.00. The summed E-state index contributed by atoms with van der Waals surface area (Å²) in [6.45, 7) is 8.83. The third kappa shape index (κ3) is 3.85. The molecule has 0 aliphatic carbocycles. The van der Waals surface area contributed by atoms with E-state index in [1.807, 2.05) is 26.0 Å². The van der Waals surface area contributed by atoms with Crippen LogP contribution in [0.5, 0.6) is 5.75 Å². The van der Waals surface area contributed by atoms with E-state index >= 15 is 0 Å². The zero-order valence-corrected chi connectivity index (χ0v) is 12.0. The lowest BCUT2D eigenvalue weighted by Gasteiger charge is -2.30. The van der Waals surface area contributed by atoms with Crippen LogP contribution >= 0.6 is 0 Å². The molecular formula is C15H24N2O2. The van der Waals surface area contributed by atoms with E-state index < -0.39 is 5.60 Å². The molecule has 1 heterocycles. The summed E-state index contributed by atoms with van der Waals surface area (Å²) in [5.41, 5.74) is 0.419. The Labute approximate surface area is 115 Å². The van der Waals surface area contributed by atoms with Gasteiger partial charge < -0.3 is 20.1 Å². The molecule has 1 aromatic carbocycles. The monoisotopic (exact) mass is 264 g/mol. The van der Waals surface area contributed by atoms with Gasteiger partial charge in [-0.15, -0.1) is 0 Å². The molecule has 1 fully saturated rings. The molecule has 106 valence electrons. The number of ether oxygens (including phenoxy) is 1. The average Bonchev–Trinajstić information content (AvgIpc) is 2.50. The first-order valence-electron chi connectivity index (χ1n) is 6.94. The van der Waals surface area contributed by atoms with Crippen LogP contribution in [-0.2, 0) is 0 Å². The minimum Gasteiger partial charge on any atom is -0.494 e. The molecule has 0 spiro atoms. The van der Waals surface area contributed by atoms with E-state index in [4.69, 9.17) is 4.74 Å². The van der Waals surface area contributed by atoms with E-state index in [1.54, 1.807) is 0 Å². The van der Waals surface area contributed by atoms with Crippen molar-refractivity contribution in [1.29, 1.82) is 0 Å². The van der Waals surface area contributed by atoms with Gasteiger partial charge in [-0.05, 0) is 45.0 Å². The Bertz CT molecular complexity index is 403. The molecule has 19 heavy (non-hydrogen) atoms. The summed E-state index contributed by atoms with van der Waals surface area (Å²) in [5.74, 6) is 0.888. The van der Waals surface area contributed by atoms with Crippen molar-refractivity contribution in [3.63, 3.8) is 0 Å². The number of rotatable bonds is 3. The topological polar surface area (TPSA) is 44.7 Å². The summed E-state index contributed by atoms with van der Waals surface area (Å²) >= 11 is 0. The molecule has 2 atom stereocenters. The van der Waals surface area contributed by atoms with Crippen molar-refractivity contribution in [3.8, 4) is 5.75 Å². The Morgan fingerprint density at radius 2 is 2.11 bits per heavy atom. The number of benzene rings is 1. The van der Waals surface area contributed by atoms with Crippen LogP contribution in [0.2, 0.25) is 0 Å². The highest BCUT2D eigenvalue weighted by molar-refractivity contribution is 5.49. The highest BCUT2D eigenvalue weighted by atomic mass is 16.5. The number of hydrogen-bond donors (Lipinski definition) is 2. The molecule has 1 aromatic rings. The van der Waals surface area contributed by atoms with Gasteiger partial charge in [-0.3, -0.25) is 0 Å². The van der Waals surface area contributed by atoms with Gasteiger partial charge in [0.05, 0.1) is 12.2 Å². The maximum atomic E-state index is 10.3. The first kappa shape index (κ1) is 14.2. The lowest BCUT2D eigenvalue weighted by atomic mass is 10.1. The van der Waals surface area contributed by atoms with Crippen LogP contribution in [0, 0.1) is 0 Å². The molecule has 4 nitrogen and oxygen atoms in total. The van der Waals surface area contributed by atoms with Gasteiger partial charge in [0.1, 0.15) is 5.75 Å². The normalized spacial score (nSPS) is 28.0. The fourth-order valence-electron chi connectivity index (χ4n) is 2.44. The largest absolute Gasteiger partial charge is 0.494 e. The molecule has 1 aliphatic rings. The second-order valence-electron chi connectivity index (χ2n) is 5.59. The van der Waals surface area contributed by atoms with Crippen molar-refractivity contribution in [2.75, 3.05) is 31.1 Å². The summed E-state index contributed by atoms with van der Waals surface area (Å²) in [4.78, 5) is 2.22. The Morgan fingerprint density at radius 1 is 1.42 bits per heavy atom. The smallest absolute Gasteiger partial charge is 0.119 e. The number of hydrogen-bond acceptors (Lipinski definition) is 4. The zero-order chi connectivity index (χ0) is 13.9. The summed E-state index contributed by atoms with van der Waals surface area (Å²) in [6.07, 6.45) is 0. The predicted octanol–water partition coefficient (Wildman–Crippen LogP) is 1.63. The summed E-state index contributed by atoms with van der Waals surface area (Å²) in [7, 11) is 0. The molecular weight excluding hydrogens is 240 g/mol. The maximum Gasteiger partial charge on any atom is 0.119 e. The lowest BCUT2D eigenvalue weighted by molar-refractivity contribution is 0.0718. The third-order valence-electron chi connectivity index (χ3n) is 3.37. The standard InChI is InChI=1S/C15H24N2O2/c1-4-19-14-7-5-13(6-8-14)17-9-12(2)16-10-15(3,18)11-17/h5-8,12,16,18H,4,9-11H2,1-3H3. The Kier molecular flexibility index (Phi) is 4.32. The van der Waals surface area contributed by atoms with Gasteiger partial charge in [0, 0.05) is 31.4 Å². The maximum absolute atomic E-state index is 10.3. The second-order valence-corrected chi connectivity index (χ2v) is 5.59. The van der Waals surface area contributed by atoms with Crippen molar-refractivity contribution in [1.82, 2.24) is 5.32 Å². The van der Waals surface area contributed by atoms with E-state index in [1.165, 1.54) is 0 Å². The van der Waals surface area contributed by atoms with Crippen molar-refractivity contribution in [3.05, 3.63) is 24.3 Å². The van der Waals surface area contributed by atoms with Gasteiger partial charge in [-0.25, -0.2) is 0 Å². The van der Waals surface area contributed by atoms with Gasteiger partial charge in [-0.2, -0.15) is 0 Å². The van der Waals surface area contributed by atoms with E-state index in [9.17, 15) is 5.11 Å². The van der Waals surface area contributed by atoms with Crippen LogP contribution in [0.25, 0.3) is 0 Å². The van der Waals surface area contributed by atoms with Crippen molar-refractivity contribution < 1.29 is 9.84 Å². The lowest BCUT2D eigenvalue weighted by Crippen LogP contribution is -2.43. The van der Waals surface area contributed by atoms with E-state index in [-0.39, 0.29) is 0 Å². The average molecular weight is 264 g/mol. The SMILES string of the molecule is CCOc1ccc(N2CC(C)NCC(C)(O)C2)cc1. The third-order valence-corrected chi connectivity index (χ3v) is 3.37. The van der Waals surface area contributed by atoms with Gasteiger partial charge in [-0.1, -0.05) is 0 Å². The van der Waals surface area contributed by atoms with Crippen molar-refractivity contribution in [2.24, 2.45) is 0 Å². The van der Waals surface area contributed by atoms with Gasteiger partial charge in [0.15, 0.2) is 0 Å². The number of nitrogens with one attached hydrogen (secondary N) is 1. The minimum atomic E-state index is -0.705. The molecule has 0 amide bonds. The molecule has 2 N–H and O–H groups in total. The summed E-state index contributed by atoms with van der Waals surface area (Å²) < 4.78 is 5.45. The predicted molar refractivity (Wildman–Crippen MR) is 77.9 cm³/mol. The highest BCUT2D eigenvalue weighted by Gasteiger charge is 2.29. The fourth-order valence-corrected chi connectivity index (χ4v) is 2.44. The Hall–Kier alpha value is -1.26. The molecule has 0 bridgehead atoms. The summed E-state index contributed by atoms with van der Waals surface area (Å²) in [6, 6.07) is 8.44. The van der Waals surface area contributed by atoms with Crippen LogP contribution in [0.4, 0.5) is 5.69 Å². The molecule has 1 aliphatic heterocycles. The molecule has 0 radical (unpaired) electrons. The van der Waals surface area contributed by atoms with E-state index in [0.717, 1.165) is 18.0 Å². The number of anilines is 1. The van der Waals surface area contributed by atoms with E-state index in [2.05, 4.69) is 29.3 Å². The molecule has 2 rings (SSSR count). The van der Waals surface area contributed by atoms with Crippen molar-refractivity contribution in [2.45, 2.75) is 32.4 Å². The molecule has 0 saturated carbocycles. The molecule has 2 unspecified atom stereocenters. The highest BCUT2D eigenvalue weighted by Crippen LogP contribution is 2.23. The van der Waals surface area contributed by atoms with Crippen LogP contribution in [0.1, 0.15) is 20.8 Å². The first-order valence-corrected chi connectivity index (χ1v) is 6.94. The summed E-state index contributed by atoms with van der Waals surface area (Å²) in [5, 5.41) is 13.7. The van der Waals surface area contributed by atoms with Gasteiger partial charge >= 0.3 is 0 Å². The van der Waals surface area contributed by atoms with Gasteiger partial charge in [0.25, 0.3) is 0 Å². The van der Waals surface area contributed by atoms with Crippen molar-refractivity contribution >= 4 is 5.69 Å². The van der Waals surface area contributed by atoms with E-state index in [0.29, 0.717) is 25.7 Å². The van der Waals surface area contributed by atoms with Crippen LogP contribution in [0.3, 0.4) is 0 Å². The number of β-amino-alcohol motifs (C(OH)–C–C–N with tert-alkyl or cyclic N) is 1. The molecule has 4 heteroatoms. The number of nitrogens with zero attached hydrogens (tertiary/aromatic N) is 1. The van der Waals surface area contributed by atoms with Gasteiger partial charge in [0.2, 0.25) is 0 Å². The zero-order valence-electron chi connectivity index (χ0n) is 12.0. The van der Waals surface area contributed by atoms with Crippen LogP contribution in [0.15, 0.2) is 24.3 Å². The molecule has 1 saturated heterocycles. The Balaban J connectivity index is 2.14. The van der Waals surface area contributed by atoms with Crippen LogP contribution in [-0.4, -0.2) is 43.0 Å². The molecule has 0 aromatic heterocycles. The quantitative estimate of drug-likeness (QED) is 0.871. The fraction of sp³-hybridized carbons (Fsp3) is 0.600. The minimum absolute atomic E-state index is 0.362. The van der Waals surface area contributed by atoms with Crippen LogP contribution < -0.4 is 15.0 Å². The second kappa shape index (κ2) is 5.80. The number of aliphatic hydroxyl groups is 1.